The molecule has 126 valence electrons. The number of nitrogens with zero attached hydrogens (tertiary/aromatic N) is 1. The molecule has 0 saturated carbocycles. The van der Waals surface area contributed by atoms with E-state index in [-0.39, 0.29) is 5.91 Å². The highest BCUT2D eigenvalue weighted by Gasteiger charge is 2.24. The number of hydrogen-bond acceptors (Lipinski definition) is 2. The smallest absolute Gasteiger partial charge is 0.254 e. The molecule has 1 amide bonds. The number of carbonyl (C=O) groups excluding carboxylic acids is 1. The first-order valence-electron chi connectivity index (χ1n) is 8.17. The van der Waals surface area contributed by atoms with Gasteiger partial charge in [0.15, 0.2) is 0 Å². The van der Waals surface area contributed by atoms with E-state index in [1.165, 1.54) is 10.5 Å². The molecule has 1 saturated heterocycles. The van der Waals surface area contributed by atoms with Gasteiger partial charge in [0, 0.05) is 16.1 Å². The number of hydrogen-bond donors (Lipinski definition) is 1. The summed E-state index contributed by atoms with van der Waals surface area (Å²) < 4.78 is 5.20. The van der Waals surface area contributed by atoms with E-state index in [2.05, 4.69) is 12.1 Å². The molecule has 0 bridgehead atoms. The molecule has 2 aromatic carbocycles. The van der Waals surface area contributed by atoms with E-state index in [0.29, 0.717) is 11.3 Å². The highest BCUT2D eigenvalue weighted by molar-refractivity contribution is 6.30. The molecule has 0 aromatic heterocycles. The van der Waals surface area contributed by atoms with Crippen molar-refractivity contribution in [3.63, 3.8) is 0 Å². The van der Waals surface area contributed by atoms with E-state index < -0.39 is 0 Å². The number of methoxy groups -OCH3 is 1. The van der Waals surface area contributed by atoms with Gasteiger partial charge in [0.25, 0.3) is 5.91 Å². The minimum absolute atomic E-state index is 0.0828. The number of carbonyl (C=O) groups is 1. The molecule has 2 aromatic rings. The van der Waals surface area contributed by atoms with Crippen molar-refractivity contribution in [2.75, 3.05) is 33.3 Å². The number of quaternary nitrogens is 1. The van der Waals surface area contributed by atoms with Crippen molar-refractivity contribution in [2.45, 2.75) is 6.54 Å². The maximum atomic E-state index is 12.6. The Bertz CT molecular complexity index is 695. The predicted octanol–water partition coefficient (Wildman–Crippen LogP) is 1.89. The Morgan fingerprint density at radius 3 is 2.54 bits per heavy atom. The minimum Gasteiger partial charge on any atom is -0.497 e. The summed E-state index contributed by atoms with van der Waals surface area (Å²) in [6.45, 7) is 4.44. The van der Waals surface area contributed by atoms with Crippen molar-refractivity contribution in [1.82, 2.24) is 4.90 Å². The van der Waals surface area contributed by atoms with Crippen LogP contribution in [-0.2, 0) is 6.54 Å². The Balaban J connectivity index is 1.56. The number of halogens is 1. The lowest BCUT2D eigenvalue weighted by Crippen LogP contribution is -3.13. The first kappa shape index (κ1) is 16.8. The normalized spacial score (nSPS) is 15.3. The lowest BCUT2D eigenvalue weighted by Gasteiger charge is -2.32. The summed E-state index contributed by atoms with van der Waals surface area (Å²) >= 11 is 5.93. The van der Waals surface area contributed by atoms with Crippen LogP contribution in [0.25, 0.3) is 0 Å². The van der Waals surface area contributed by atoms with Crippen LogP contribution < -0.4 is 9.64 Å². The van der Waals surface area contributed by atoms with Crippen molar-refractivity contribution < 1.29 is 14.4 Å². The summed E-state index contributed by atoms with van der Waals surface area (Å²) in [7, 11) is 1.61. The van der Waals surface area contributed by atoms with Crippen LogP contribution in [0.3, 0.4) is 0 Å². The molecule has 0 atom stereocenters. The Morgan fingerprint density at radius 2 is 1.88 bits per heavy atom. The van der Waals surface area contributed by atoms with Crippen LogP contribution in [0, 0.1) is 0 Å². The van der Waals surface area contributed by atoms with Crippen LogP contribution in [0.15, 0.2) is 48.5 Å². The minimum atomic E-state index is 0.0828. The third-order valence-electron chi connectivity index (χ3n) is 4.44. The molecule has 1 aliphatic rings. The molecule has 3 rings (SSSR count). The molecule has 0 aliphatic carbocycles. The van der Waals surface area contributed by atoms with Crippen LogP contribution >= 0.6 is 11.6 Å². The summed E-state index contributed by atoms with van der Waals surface area (Å²) in [5.74, 6) is 0.798. The van der Waals surface area contributed by atoms with Gasteiger partial charge in [0.05, 0.1) is 33.3 Å². The fourth-order valence-electron chi connectivity index (χ4n) is 3.03. The quantitative estimate of drug-likeness (QED) is 0.918. The van der Waals surface area contributed by atoms with Crippen molar-refractivity contribution in [3.8, 4) is 5.75 Å². The van der Waals surface area contributed by atoms with Gasteiger partial charge >= 0.3 is 0 Å². The Hall–Kier alpha value is -2.04. The van der Waals surface area contributed by atoms with Gasteiger partial charge in [-0.25, -0.2) is 0 Å². The first-order valence-corrected chi connectivity index (χ1v) is 8.55. The highest BCUT2D eigenvalue weighted by atomic mass is 35.5. The van der Waals surface area contributed by atoms with Crippen molar-refractivity contribution in [3.05, 3.63) is 64.7 Å². The average Bonchev–Trinajstić information content (AvgIpc) is 2.64. The number of ether oxygens (including phenoxy) is 1. The van der Waals surface area contributed by atoms with Crippen LogP contribution in [0.1, 0.15) is 15.9 Å². The molecule has 4 nitrogen and oxygen atoms in total. The maximum Gasteiger partial charge on any atom is 0.254 e. The summed E-state index contributed by atoms with van der Waals surface area (Å²) in [5, 5.41) is 0.766. The van der Waals surface area contributed by atoms with Gasteiger partial charge in [-0.3, -0.25) is 4.79 Å². The van der Waals surface area contributed by atoms with Crippen LogP contribution in [0.2, 0.25) is 5.02 Å². The Labute approximate surface area is 147 Å². The molecule has 1 N–H and O–H groups in total. The molecule has 0 radical (unpaired) electrons. The molecule has 1 fully saturated rings. The van der Waals surface area contributed by atoms with Gasteiger partial charge in [0.2, 0.25) is 0 Å². The third-order valence-corrected chi connectivity index (χ3v) is 4.69. The van der Waals surface area contributed by atoms with E-state index in [4.69, 9.17) is 16.3 Å². The Morgan fingerprint density at radius 1 is 1.17 bits per heavy atom. The topological polar surface area (TPSA) is 34.0 Å². The van der Waals surface area contributed by atoms with Crippen LogP contribution in [0.4, 0.5) is 0 Å². The predicted molar refractivity (Wildman–Crippen MR) is 94.8 cm³/mol. The number of amides is 1. The van der Waals surface area contributed by atoms with E-state index >= 15 is 0 Å². The van der Waals surface area contributed by atoms with E-state index in [9.17, 15) is 4.79 Å². The van der Waals surface area contributed by atoms with Crippen LogP contribution in [0.5, 0.6) is 5.75 Å². The standard InChI is InChI=1S/C19H21ClN2O2/c1-24-18-4-2-3-16(13-18)19(23)22-11-9-21(10-12-22)14-15-5-7-17(20)8-6-15/h2-8,13H,9-12,14H2,1H3/p+1. The molecule has 24 heavy (non-hydrogen) atoms. The van der Waals surface area contributed by atoms with E-state index in [1.54, 1.807) is 13.2 Å². The summed E-state index contributed by atoms with van der Waals surface area (Å²) in [4.78, 5) is 16.0. The van der Waals surface area contributed by atoms with Crippen LogP contribution in [-0.4, -0.2) is 44.1 Å². The number of rotatable bonds is 4. The van der Waals surface area contributed by atoms with Gasteiger partial charge in [-0.15, -0.1) is 0 Å². The van der Waals surface area contributed by atoms with Crippen molar-refractivity contribution in [1.29, 1.82) is 0 Å². The molecular formula is C19H22ClN2O2+. The van der Waals surface area contributed by atoms with Gasteiger partial charge in [0.1, 0.15) is 12.3 Å². The van der Waals surface area contributed by atoms with E-state index in [0.717, 1.165) is 37.7 Å². The fraction of sp³-hybridized carbons (Fsp3) is 0.316. The van der Waals surface area contributed by atoms with E-state index in [1.807, 2.05) is 35.2 Å². The zero-order valence-electron chi connectivity index (χ0n) is 13.8. The highest BCUT2D eigenvalue weighted by Crippen LogP contribution is 2.14. The molecule has 0 spiro atoms. The molecular weight excluding hydrogens is 324 g/mol. The lowest BCUT2D eigenvalue weighted by atomic mass is 10.1. The number of nitrogens with one attached hydrogen (secondary N) is 1. The van der Waals surface area contributed by atoms with Crippen molar-refractivity contribution in [2.24, 2.45) is 0 Å². The first-order chi connectivity index (χ1) is 11.7. The summed E-state index contributed by atoms with van der Waals surface area (Å²) in [6, 6.07) is 15.4. The largest absolute Gasteiger partial charge is 0.497 e. The van der Waals surface area contributed by atoms with Crippen molar-refractivity contribution >= 4 is 17.5 Å². The lowest BCUT2D eigenvalue weighted by molar-refractivity contribution is -0.917. The van der Waals surface area contributed by atoms with Gasteiger partial charge in [-0.1, -0.05) is 29.8 Å². The summed E-state index contributed by atoms with van der Waals surface area (Å²) in [6.07, 6.45) is 0. The molecule has 1 aliphatic heterocycles. The second-order valence-corrected chi connectivity index (χ2v) is 6.51. The SMILES string of the molecule is COc1cccc(C(=O)N2CC[NH+](Cc3ccc(Cl)cc3)CC2)c1. The van der Waals surface area contributed by atoms with Gasteiger partial charge < -0.3 is 14.5 Å². The monoisotopic (exact) mass is 345 g/mol. The zero-order chi connectivity index (χ0) is 16.9. The second-order valence-electron chi connectivity index (χ2n) is 6.08. The summed E-state index contributed by atoms with van der Waals surface area (Å²) in [5.41, 5.74) is 1.97. The Kier molecular flexibility index (Phi) is 5.38. The molecule has 5 heteroatoms. The van der Waals surface area contributed by atoms with Gasteiger partial charge in [-0.05, 0) is 30.3 Å². The van der Waals surface area contributed by atoms with Gasteiger partial charge in [-0.2, -0.15) is 0 Å². The second kappa shape index (κ2) is 7.69. The number of benzene rings is 2. The average molecular weight is 346 g/mol. The maximum absolute atomic E-state index is 12.6. The third kappa shape index (κ3) is 4.08. The number of piperazine rings is 1. The molecule has 1 heterocycles. The zero-order valence-corrected chi connectivity index (χ0v) is 14.6. The molecule has 0 unspecified atom stereocenters. The fourth-order valence-corrected chi connectivity index (χ4v) is 3.16.